The molecule has 0 saturated heterocycles. The fraction of sp³-hybridized carbons (Fsp3) is 0.636. The summed E-state index contributed by atoms with van der Waals surface area (Å²) in [4.78, 5) is 8.22. The van der Waals surface area contributed by atoms with Crippen molar-refractivity contribution in [3.8, 4) is 0 Å². The van der Waals surface area contributed by atoms with Crippen LogP contribution in [0.2, 0.25) is 0 Å². The lowest BCUT2D eigenvalue weighted by molar-refractivity contribution is 0.485. The van der Waals surface area contributed by atoms with E-state index in [1.54, 1.807) is 18.6 Å². The predicted molar refractivity (Wildman–Crippen MR) is 57.1 cm³/mol. The van der Waals surface area contributed by atoms with Crippen molar-refractivity contribution in [2.75, 3.05) is 11.9 Å². The fourth-order valence-corrected chi connectivity index (χ4v) is 1.89. The Labute approximate surface area is 85.0 Å². The summed E-state index contributed by atoms with van der Waals surface area (Å²) in [5.41, 5.74) is 0.576. The second-order valence-corrected chi connectivity index (χ2v) is 4.19. The lowest BCUT2D eigenvalue weighted by Gasteiger charge is -2.14. The van der Waals surface area contributed by atoms with Crippen LogP contribution in [-0.2, 0) is 0 Å². The van der Waals surface area contributed by atoms with E-state index in [4.69, 9.17) is 0 Å². The van der Waals surface area contributed by atoms with Crippen molar-refractivity contribution >= 4 is 5.82 Å². The molecule has 0 amide bonds. The van der Waals surface area contributed by atoms with Crippen molar-refractivity contribution in [1.82, 2.24) is 9.97 Å². The summed E-state index contributed by atoms with van der Waals surface area (Å²) in [5, 5.41) is 3.36. The molecular weight excluding hydrogens is 174 g/mol. The summed E-state index contributed by atoms with van der Waals surface area (Å²) < 4.78 is 0. The molecule has 1 aliphatic rings. The third kappa shape index (κ3) is 2.22. The van der Waals surface area contributed by atoms with Gasteiger partial charge in [0.1, 0.15) is 5.82 Å². The van der Waals surface area contributed by atoms with E-state index in [0.29, 0.717) is 5.41 Å². The van der Waals surface area contributed by atoms with Crippen LogP contribution in [0.1, 0.15) is 32.6 Å². The molecule has 0 spiro atoms. The van der Waals surface area contributed by atoms with E-state index in [1.807, 2.05) is 0 Å². The summed E-state index contributed by atoms with van der Waals surface area (Å²) in [6.07, 6.45) is 10.6. The molecule has 76 valence electrons. The standard InChI is InChI=1S/C11H17N3/c1-2-3-11(4-5-11)9-14-10-8-12-6-7-13-10/h6-8H,2-5,9H2,1H3,(H,13,14). The Morgan fingerprint density at radius 3 is 2.86 bits per heavy atom. The first kappa shape index (κ1) is 9.44. The molecule has 2 rings (SSSR count). The molecule has 1 aliphatic carbocycles. The van der Waals surface area contributed by atoms with Gasteiger partial charge in [0.15, 0.2) is 0 Å². The number of aromatic nitrogens is 2. The predicted octanol–water partition coefficient (Wildman–Crippen LogP) is 2.47. The minimum atomic E-state index is 0.576. The maximum Gasteiger partial charge on any atom is 0.144 e. The Morgan fingerprint density at radius 2 is 2.29 bits per heavy atom. The lowest BCUT2D eigenvalue weighted by Crippen LogP contribution is -2.15. The molecule has 1 N–H and O–H groups in total. The smallest absolute Gasteiger partial charge is 0.144 e. The first-order valence-corrected chi connectivity index (χ1v) is 5.35. The first-order chi connectivity index (χ1) is 6.85. The molecule has 1 fully saturated rings. The number of nitrogens with zero attached hydrogens (tertiary/aromatic N) is 2. The molecule has 0 radical (unpaired) electrons. The summed E-state index contributed by atoms with van der Waals surface area (Å²) in [7, 11) is 0. The van der Waals surface area contributed by atoms with Gasteiger partial charge in [-0.15, -0.1) is 0 Å². The van der Waals surface area contributed by atoms with Crippen LogP contribution in [-0.4, -0.2) is 16.5 Å². The van der Waals surface area contributed by atoms with E-state index < -0.39 is 0 Å². The molecule has 3 heteroatoms. The number of hydrogen-bond acceptors (Lipinski definition) is 3. The van der Waals surface area contributed by atoms with Crippen LogP contribution in [0.3, 0.4) is 0 Å². The lowest BCUT2D eigenvalue weighted by atomic mass is 10.0. The maximum atomic E-state index is 4.20. The van der Waals surface area contributed by atoms with Gasteiger partial charge in [0.2, 0.25) is 0 Å². The van der Waals surface area contributed by atoms with Crippen molar-refractivity contribution in [1.29, 1.82) is 0 Å². The molecule has 0 aliphatic heterocycles. The van der Waals surface area contributed by atoms with E-state index in [0.717, 1.165) is 12.4 Å². The average molecular weight is 191 g/mol. The van der Waals surface area contributed by atoms with Crippen LogP contribution in [0.15, 0.2) is 18.6 Å². The van der Waals surface area contributed by atoms with E-state index in [1.165, 1.54) is 25.7 Å². The van der Waals surface area contributed by atoms with Crippen molar-refractivity contribution in [2.45, 2.75) is 32.6 Å². The van der Waals surface area contributed by atoms with E-state index in [9.17, 15) is 0 Å². The Kier molecular flexibility index (Phi) is 2.66. The van der Waals surface area contributed by atoms with Crippen molar-refractivity contribution in [3.05, 3.63) is 18.6 Å². The van der Waals surface area contributed by atoms with Gasteiger partial charge in [-0.2, -0.15) is 0 Å². The van der Waals surface area contributed by atoms with Gasteiger partial charge in [0.05, 0.1) is 6.20 Å². The summed E-state index contributed by atoms with van der Waals surface area (Å²) in [6, 6.07) is 0. The van der Waals surface area contributed by atoms with Crippen molar-refractivity contribution in [3.63, 3.8) is 0 Å². The van der Waals surface area contributed by atoms with Gasteiger partial charge in [0, 0.05) is 18.9 Å². The Balaban J connectivity index is 1.83. The topological polar surface area (TPSA) is 37.8 Å². The molecular formula is C11H17N3. The molecule has 3 nitrogen and oxygen atoms in total. The zero-order chi connectivity index (χ0) is 9.86. The largest absolute Gasteiger partial charge is 0.368 e. The molecule has 1 heterocycles. The number of hydrogen-bond donors (Lipinski definition) is 1. The van der Waals surface area contributed by atoms with E-state index in [2.05, 4.69) is 22.2 Å². The van der Waals surface area contributed by atoms with E-state index >= 15 is 0 Å². The first-order valence-electron chi connectivity index (χ1n) is 5.35. The van der Waals surface area contributed by atoms with Gasteiger partial charge < -0.3 is 5.32 Å². The van der Waals surface area contributed by atoms with Gasteiger partial charge in [0.25, 0.3) is 0 Å². The highest BCUT2D eigenvalue weighted by Crippen LogP contribution is 2.49. The summed E-state index contributed by atoms with van der Waals surface area (Å²) in [6.45, 7) is 3.31. The second-order valence-electron chi connectivity index (χ2n) is 4.19. The fourth-order valence-electron chi connectivity index (χ4n) is 1.89. The van der Waals surface area contributed by atoms with Crippen LogP contribution < -0.4 is 5.32 Å². The van der Waals surface area contributed by atoms with Gasteiger partial charge in [-0.05, 0) is 24.7 Å². The highest BCUT2D eigenvalue weighted by molar-refractivity contribution is 5.30. The Bertz CT molecular complexity index is 280. The molecule has 1 aromatic rings. The van der Waals surface area contributed by atoms with Gasteiger partial charge in [-0.3, -0.25) is 4.98 Å². The minimum Gasteiger partial charge on any atom is -0.368 e. The number of rotatable bonds is 5. The molecule has 1 aromatic heterocycles. The molecule has 14 heavy (non-hydrogen) atoms. The van der Waals surface area contributed by atoms with Crippen molar-refractivity contribution < 1.29 is 0 Å². The SMILES string of the molecule is CCCC1(CNc2cnccn2)CC1. The van der Waals surface area contributed by atoms with Gasteiger partial charge in [-0.25, -0.2) is 4.98 Å². The highest BCUT2D eigenvalue weighted by Gasteiger charge is 2.41. The third-order valence-corrected chi connectivity index (χ3v) is 2.95. The minimum absolute atomic E-state index is 0.576. The van der Waals surface area contributed by atoms with Crippen LogP contribution in [0.5, 0.6) is 0 Å². The molecule has 0 aromatic carbocycles. The van der Waals surface area contributed by atoms with Crippen LogP contribution >= 0.6 is 0 Å². The van der Waals surface area contributed by atoms with Crippen LogP contribution in [0, 0.1) is 5.41 Å². The van der Waals surface area contributed by atoms with Crippen molar-refractivity contribution in [2.24, 2.45) is 5.41 Å². The molecule has 0 atom stereocenters. The highest BCUT2D eigenvalue weighted by atomic mass is 15.0. The molecule has 0 unspecified atom stereocenters. The van der Waals surface area contributed by atoms with Gasteiger partial charge in [-0.1, -0.05) is 13.3 Å². The summed E-state index contributed by atoms with van der Waals surface area (Å²) in [5.74, 6) is 0.898. The Morgan fingerprint density at radius 1 is 1.43 bits per heavy atom. The Hall–Kier alpha value is -1.12. The quantitative estimate of drug-likeness (QED) is 0.777. The third-order valence-electron chi connectivity index (χ3n) is 2.95. The molecule has 0 bridgehead atoms. The average Bonchev–Trinajstić information content (AvgIpc) is 2.98. The monoisotopic (exact) mass is 191 g/mol. The normalized spacial score (nSPS) is 17.8. The maximum absolute atomic E-state index is 4.20. The second kappa shape index (κ2) is 3.95. The molecule has 1 saturated carbocycles. The summed E-state index contributed by atoms with van der Waals surface area (Å²) >= 11 is 0. The zero-order valence-corrected chi connectivity index (χ0v) is 8.66. The zero-order valence-electron chi connectivity index (χ0n) is 8.66. The number of anilines is 1. The number of nitrogens with one attached hydrogen (secondary N) is 1. The van der Waals surface area contributed by atoms with Crippen LogP contribution in [0.25, 0.3) is 0 Å². The van der Waals surface area contributed by atoms with Gasteiger partial charge >= 0.3 is 0 Å². The van der Waals surface area contributed by atoms with Crippen LogP contribution in [0.4, 0.5) is 5.82 Å². The van der Waals surface area contributed by atoms with E-state index in [-0.39, 0.29) is 0 Å².